The van der Waals surface area contributed by atoms with Gasteiger partial charge in [-0.15, -0.1) is 0 Å². The molecule has 0 fully saturated rings. The molecule has 0 unspecified atom stereocenters. The molecule has 0 radical (unpaired) electrons. The zero-order valence-electron chi connectivity index (χ0n) is 56.6. The maximum Gasteiger partial charge on any atom is 0.0541 e. The Bertz CT molecular complexity index is 6590. The third-order valence-corrected chi connectivity index (χ3v) is 20.7. The molecule has 0 saturated heterocycles. The minimum Gasteiger partial charge on any atom is -0.309 e. The normalized spacial score (nSPS) is 11.6. The lowest BCUT2D eigenvalue weighted by Crippen LogP contribution is -1.94. The Kier molecular flexibility index (Phi) is 14.6. The summed E-state index contributed by atoms with van der Waals surface area (Å²) in [4.78, 5) is 0. The summed E-state index contributed by atoms with van der Waals surface area (Å²) in [7, 11) is 0. The third-order valence-electron chi connectivity index (χ3n) is 20.7. The summed E-state index contributed by atoms with van der Waals surface area (Å²) in [6, 6.07) is 137. The van der Waals surface area contributed by atoms with Crippen molar-refractivity contribution < 1.29 is 0 Å². The van der Waals surface area contributed by atoms with Gasteiger partial charge in [-0.2, -0.15) is 0 Å². The molecule has 0 aliphatic heterocycles. The van der Waals surface area contributed by atoms with Crippen LogP contribution in [0.5, 0.6) is 0 Å². The quantitative estimate of drug-likeness (QED) is 0.130. The van der Waals surface area contributed by atoms with Crippen LogP contribution in [0.25, 0.3) is 177 Å². The zero-order valence-corrected chi connectivity index (χ0v) is 56.6. The van der Waals surface area contributed by atoms with Crippen LogP contribution in [-0.2, 0) is 0 Å². The molecule has 0 N–H and O–H groups in total. The number of para-hydroxylation sites is 5. The summed E-state index contributed by atoms with van der Waals surface area (Å²) in [6.45, 7) is 4.35. The Balaban J connectivity index is 0.000000141. The number of nitrogens with zero attached hydrogens (tertiary/aromatic N) is 4. The molecule has 4 aromatic heterocycles. The van der Waals surface area contributed by atoms with Crippen LogP contribution < -0.4 is 0 Å². The van der Waals surface area contributed by atoms with Gasteiger partial charge in [0.25, 0.3) is 0 Å². The number of hydrogen-bond acceptors (Lipinski definition) is 0. The minimum atomic E-state index is 1.16. The second kappa shape index (κ2) is 24.9. The van der Waals surface area contributed by atoms with Gasteiger partial charge in [-0.25, -0.2) is 0 Å². The van der Waals surface area contributed by atoms with Crippen LogP contribution in [0.15, 0.2) is 376 Å². The Morgan fingerprint density at radius 1 is 0.137 bits per heavy atom. The number of benzene rings is 16. The highest BCUT2D eigenvalue weighted by Crippen LogP contribution is 2.42. The summed E-state index contributed by atoms with van der Waals surface area (Å²) in [5.41, 5.74) is 31.6. The molecule has 0 bridgehead atoms. The molecule has 0 saturated carbocycles. The molecule has 0 atom stereocenters. The first-order valence-corrected chi connectivity index (χ1v) is 35.2. The zero-order chi connectivity index (χ0) is 67.8. The summed E-state index contributed by atoms with van der Waals surface area (Å²) >= 11 is 0. The summed E-state index contributed by atoms with van der Waals surface area (Å²) in [5.74, 6) is 0. The highest BCUT2D eigenvalue weighted by molar-refractivity contribution is 6.15. The van der Waals surface area contributed by atoms with Gasteiger partial charge in [0.1, 0.15) is 0 Å². The van der Waals surface area contributed by atoms with E-state index >= 15 is 0 Å². The van der Waals surface area contributed by atoms with Crippen molar-refractivity contribution in [1.82, 2.24) is 18.3 Å². The lowest BCUT2D eigenvalue weighted by molar-refractivity contribution is 1.18. The SMILES string of the molecule is Cc1cc(-c2ccccc2)cc(-c2ccc(-n3c4ccccc4c4cc(-c5ccc6c(c5)c5ccccc5n6-c5ccccc5)ccc43)cc2)c1.Cc1ccc2c(c1)c1cc(-c3ccc4c(c3)c3ccccc3n4-c3ccc(-c4cccc(-c5ccccc5)c4)cc3)ccc1n2-c1ccccc1. The molecule has 0 aliphatic carbocycles. The van der Waals surface area contributed by atoms with Crippen LogP contribution >= 0.6 is 0 Å². The van der Waals surface area contributed by atoms with E-state index in [2.05, 4.69) is 408 Å². The summed E-state index contributed by atoms with van der Waals surface area (Å²) < 4.78 is 9.56. The molecule has 4 nitrogen and oxygen atoms in total. The van der Waals surface area contributed by atoms with E-state index in [0.717, 1.165) is 11.4 Å². The fraction of sp³-hybridized carbons (Fsp3) is 0.0204. The first-order chi connectivity index (χ1) is 50.4. The number of aromatic nitrogens is 4. The predicted octanol–water partition coefficient (Wildman–Crippen LogP) is 26.4. The van der Waals surface area contributed by atoms with Gasteiger partial charge in [0.15, 0.2) is 0 Å². The van der Waals surface area contributed by atoms with Crippen LogP contribution in [0.1, 0.15) is 11.1 Å². The van der Waals surface area contributed by atoms with Crippen molar-refractivity contribution in [3.05, 3.63) is 387 Å². The van der Waals surface area contributed by atoms with Crippen LogP contribution in [-0.4, -0.2) is 18.3 Å². The Hall–Kier alpha value is -13.3. The molecule has 16 aromatic carbocycles. The molecular weight excluding hydrogens is 1230 g/mol. The van der Waals surface area contributed by atoms with Gasteiger partial charge < -0.3 is 18.3 Å². The van der Waals surface area contributed by atoms with Crippen molar-refractivity contribution in [3.8, 4) is 89.5 Å². The fourth-order valence-corrected chi connectivity index (χ4v) is 15.9. The highest BCUT2D eigenvalue weighted by atomic mass is 15.0. The Morgan fingerprint density at radius 3 is 0.775 bits per heavy atom. The van der Waals surface area contributed by atoms with E-state index in [0.29, 0.717) is 0 Å². The number of fused-ring (bicyclic) bond motifs is 12. The molecule has 0 amide bonds. The van der Waals surface area contributed by atoms with Crippen molar-refractivity contribution in [1.29, 1.82) is 0 Å². The van der Waals surface area contributed by atoms with Crippen molar-refractivity contribution >= 4 is 87.2 Å². The smallest absolute Gasteiger partial charge is 0.0541 e. The van der Waals surface area contributed by atoms with Gasteiger partial charge in [-0.1, -0.05) is 242 Å². The van der Waals surface area contributed by atoms with Crippen molar-refractivity contribution in [2.45, 2.75) is 13.8 Å². The highest BCUT2D eigenvalue weighted by Gasteiger charge is 2.20. The largest absolute Gasteiger partial charge is 0.309 e. The maximum absolute atomic E-state index is 2.40. The molecule has 480 valence electrons. The van der Waals surface area contributed by atoms with Crippen LogP contribution in [0.3, 0.4) is 0 Å². The van der Waals surface area contributed by atoms with E-state index in [1.165, 1.54) is 176 Å². The van der Waals surface area contributed by atoms with Crippen molar-refractivity contribution in [3.63, 3.8) is 0 Å². The second-order valence-corrected chi connectivity index (χ2v) is 27.0. The number of aryl methyl sites for hydroxylation is 2. The van der Waals surface area contributed by atoms with Crippen molar-refractivity contribution in [2.75, 3.05) is 0 Å². The van der Waals surface area contributed by atoms with E-state index in [1.54, 1.807) is 0 Å². The molecule has 20 rings (SSSR count). The molecule has 4 heteroatoms. The first-order valence-electron chi connectivity index (χ1n) is 35.2. The molecule has 4 heterocycles. The third kappa shape index (κ3) is 10.5. The van der Waals surface area contributed by atoms with Crippen LogP contribution in [0.4, 0.5) is 0 Å². The van der Waals surface area contributed by atoms with Gasteiger partial charge in [-0.05, 0) is 226 Å². The number of hydrogen-bond donors (Lipinski definition) is 0. The van der Waals surface area contributed by atoms with Crippen LogP contribution in [0, 0.1) is 13.8 Å². The van der Waals surface area contributed by atoms with Gasteiger partial charge in [-0.3, -0.25) is 0 Å². The van der Waals surface area contributed by atoms with Gasteiger partial charge in [0.2, 0.25) is 0 Å². The fourth-order valence-electron chi connectivity index (χ4n) is 15.9. The minimum absolute atomic E-state index is 1.16. The first kappa shape index (κ1) is 59.9. The van der Waals surface area contributed by atoms with E-state index < -0.39 is 0 Å². The van der Waals surface area contributed by atoms with E-state index in [-0.39, 0.29) is 0 Å². The predicted molar refractivity (Wildman–Crippen MR) is 432 cm³/mol. The molecule has 20 aromatic rings. The average molecular weight is 1300 g/mol. The molecule has 102 heavy (non-hydrogen) atoms. The standard InChI is InChI=1S/2C49H34N2/c1-33-28-38(34-12-4-2-5-13-34)30-39(29-33)35-20-24-41(25-21-35)51-47-19-11-9-17-43(47)45-32-37(23-27-49(45)51)36-22-26-48-44(31-36)42-16-8-10-18-46(42)50(48)40-14-6-3-7-15-40;1-33-19-26-47-43(29-33)45-32-39(23-28-49(45)50(47)40-15-6-3-7-16-40)38-22-27-48-44(31-38)42-17-8-9-18-46(42)51(48)41-24-20-35(21-25-41)37-14-10-13-36(30-37)34-11-4-2-5-12-34/h2*2-32H,1H3. The van der Waals surface area contributed by atoms with E-state index in [4.69, 9.17) is 0 Å². The van der Waals surface area contributed by atoms with Gasteiger partial charge >= 0.3 is 0 Å². The molecule has 0 spiro atoms. The van der Waals surface area contributed by atoms with Gasteiger partial charge in [0.05, 0.1) is 44.1 Å². The summed E-state index contributed by atoms with van der Waals surface area (Å²) in [6.07, 6.45) is 0. The monoisotopic (exact) mass is 1300 g/mol. The lowest BCUT2D eigenvalue weighted by Gasteiger charge is -2.12. The number of rotatable bonds is 10. The average Bonchev–Trinajstić information content (AvgIpc) is 1.60. The maximum atomic E-state index is 2.40. The van der Waals surface area contributed by atoms with Crippen molar-refractivity contribution in [2.24, 2.45) is 0 Å². The van der Waals surface area contributed by atoms with E-state index in [1.807, 2.05) is 0 Å². The topological polar surface area (TPSA) is 19.7 Å². The molecule has 0 aliphatic rings. The summed E-state index contributed by atoms with van der Waals surface area (Å²) in [5, 5.41) is 10.1. The molecular formula is C98H68N4. The Morgan fingerprint density at radius 2 is 0.382 bits per heavy atom. The second-order valence-electron chi connectivity index (χ2n) is 27.0. The van der Waals surface area contributed by atoms with Gasteiger partial charge in [0, 0.05) is 65.8 Å². The Labute approximate surface area is 592 Å². The van der Waals surface area contributed by atoms with E-state index in [9.17, 15) is 0 Å². The van der Waals surface area contributed by atoms with Crippen LogP contribution in [0.2, 0.25) is 0 Å². The lowest BCUT2D eigenvalue weighted by atomic mass is 9.96.